The van der Waals surface area contributed by atoms with Crippen molar-refractivity contribution < 1.29 is 33.4 Å². The second kappa shape index (κ2) is 10.6. The third-order valence-electron chi connectivity index (χ3n) is 7.30. The van der Waals surface area contributed by atoms with Gasteiger partial charge in [0.2, 0.25) is 11.8 Å². The molecule has 1 saturated heterocycles. The molecule has 1 heterocycles. The largest absolute Gasteiger partial charge is 0.462 e. The number of carbonyl (C=O) groups excluding carboxylic acids is 5. The number of carbonyl (C=O) groups is 5. The van der Waals surface area contributed by atoms with Crippen LogP contribution in [0.3, 0.4) is 0 Å². The summed E-state index contributed by atoms with van der Waals surface area (Å²) in [6.07, 6.45) is 6.65. The fraction of sp³-hybridized carbons (Fsp3) is 0.345. The van der Waals surface area contributed by atoms with Crippen LogP contribution in [0.5, 0.6) is 0 Å². The average Bonchev–Trinajstić information content (AvgIpc) is 3.61. The molecular formula is C29H28N2O7. The summed E-state index contributed by atoms with van der Waals surface area (Å²) in [5, 5.41) is 2.60. The first-order valence-electron chi connectivity index (χ1n) is 12.8. The molecule has 5 rings (SSSR count). The Hall–Kier alpha value is -4.27. The van der Waals surface area contributed by atoms with Crippen LogP contribution in [-0.2, 0) is 23.9 Å². The summed E-state index contributed by atoms with van der Waals surface area (Å²) in [5.74, 6) is -2.41. The van der Waals surface area contributed by atoms with Gasteiger partial charge in [-0.25, -0.2) is 9.59 Å². The first kappa shape index (κ1) is 25.4. The van der Waals surface area contributed by atoms with Crippen LogP contribution in [0.2, 0.25) is 0 Å². The Morgan fingerprint density at radius 1 is 0.842 bits per heavy atom. The fourth-order valence-corrected chi connectivity index (χ4v) is 5.40. The highest BCUT2D eigenvalue weighted by Gasteiger charge is 2.59. The van der Waals surface area contributed by atoms with E-state index in [2.05, 4.69) is 5.32 Å². The molecule has 196 valence electrons. The molecule has 2 aromatic carbocycles. The summed E-state index contributed by atoms with van der Waals surface area (Å²) in [6, 6.07) is 12.2. The fourth-order valence-electron chi connectivity index (χ4n) is 5.40. The zero-order chi connectivity index (χ0) is 26.8. The van der Waals surface area contributed by atoms with Crippen LogP contribution < -0.4 is 10.2 Å². The average molecular weight is 517 g/mol. The Morgan fingerprint density at radius 2 is 1.39 bits per heavy atom. The van der Waals surface area contributed by atoms with Gasteiger partial charge in [-0.3, -0.25) is 19.3 Å². The molecule has 2 aromatic rings. The number of hydrogen-bond acceptors (Lipinski definition) is 7. The van der Waals surface area contributed by atoms with E-state index in [-0.39, 0.29) is 41.0 Å². The Labute approximate surface area is 219 Å². The van der Waals surface area contributed by atoms with E-state index in [1.165, 1.54) is 29.2 Å². The smallest absolute Gasteiger partial charge is 0.338 e. The topological polar surface area (TPSA) is 119 Å². The first-order valence-corrected chi connectivity index (χ1v) is 12.8. The van der Waals surface area contributed by atoms with Crippen molar-refractivity contribution in [3.63, 3.8) is 0 Å². The highest BCUT2D eigenvalue weighted by molar-refractivity contribution is 6.22. The van der Waals surface area contributed by atoms with Crippen LogP contribution in [0.4, 0.5) is 11.4 Å². The Balaban J connectivity index is 1.11. The number of nitrogens with one attached hydrogen (secondary N) is 1. The summed E-state index contributed by atoms with van der Waals surface area (Å²) in [4.78, 5) is 63.8. The summed E-state index contributed by atoms with van der Waals surface area (Å²) in [5.41, 5.74) is 1.42. The van der Waals surface area contributed by atoms with Crippen LogP contribution in [0, 0.1) is 23.7 Å². The van der Waals surface area contributed by atoms with E-state index in [0.717, 1.165) is 19.3 Å². The van der Waals surface area contributed by atoms with E-state index in [9.17, 15) is 24.0 Å². The molecule has 0 aromatic heterocycles. The predicted molar refractivity (Wildman–Crippen MR) is 137 cm³/mol. The van der Waals surface area contributed by atoms with Gasteiger partial charge in [0.15, 0.2) is 6.61 Å². The second-order valence-electron chi connectivity index (χ2n) is 9.75. The van der Waals surface area contributed by atoms with Crippen LogP contribution in [0.1, 0.15) is 46.9 Å². The van der Waals surface area contributed by atoms with Gasteiger partial charge in [0.05, 0.1) is 35.3 Å². The van der Waals surface area contributed by atoms with Gasteiger partial charge in [-0.2, -0.15) is 0 Å². The number of amides is 3. The molecule has 4 atom stereocenters. The maximum atomic E-state index is 13.0. The summed E-state index contributed by atoms with van der Waals surface area (Å²) < 4.78 is 10.3. The van der Waals surface area contributed by atoms with E-state index in [0.29, 0.717) is 23.5 Å². The number of unbranched alkanes of at least 4 members (excludes halogenated alkanes) is 1. The van der Waals surface area contributed by atoms with Crippen LogP contribution in [-0.4, -0.2) is 42.9 Å². The molecule has 3 amide bonds. The summed E-state index contributed by atoms with van der Waals surface area (Å²) >= 11 is 0. The van der Waals surface area contributed by atoms with Gasteiger partial charge in [0, 0.05) is 5.69 Å². The van der Waals surface area contributed by atoms with Crippen molar-refractivity contribution in [2.75, 3.05) is 23.4 Å². The minimum absolute atomic E-state index is 0.122. The van der Waals surface area contributed by atoms with E-state index in [1.807, 2.05) is 19.1 Å². The highest BCUT2D eigenvalue weighted by atomic mass is 16.5. The molecule has 0 radical (unpaired) electrons. The minimum atomic E-state index is -0.713. The number of rotatable bonds is 9. The first-order chi connectivity index (χ1) is 18.4. The van der Waals surface area contributed by atoms with Gasteiger partial charge < -0.3 is 14.8 Å². The molecule has 2 bridgehead atoms. The van der Waals surface area contributed by atoms with Gasteiger partial charge >= 0.3 is 11.9 Å². The number of nitrogens with zero attached hydrogens (tertiary/aromatic N) is 1. The second-order valence-corrected chi connectivity index (χ2v) is 9.75. The molecule has 0 spiro atoms. The molecule has 1 aliphatic heterocycles. The predicted octanol–water partition coefficient (Wildman–Crippen LogP) is 3.75. The molecule has 3 aliphatic rings. The standard InChI is InChI=1S/C29H28N2O7/c1-2-3-14-37-28(35)17-6-10-21(11-7-17)30-23(32)16-38-29(36)18-8-12-22(13-9-18)31-26(33)24-19-4-5-20(15-19)25(24)27(31)34/h4-13,19-20,24-25H,2-3,14-16H2,1H3,(H,30,32)/t19-,20-,24-,25-/m0/s1. The highest BCUT2D eigenvalue weighted by Crippen LogP contribution is 2.53. The van der Waals surface area contributed by atoms with Gasteiger partial charge in [-0.1, -0.05) is 25.5 Å². The summed E-state index contributed by atoms with van der Waals surface area (Å²) in [6.45, 7) is 1.85. The molecular weight excluding hydrogens is 488 g/mol. The Kier molecular flexibility index (Phi) is 7.09. The number of fused-ring (bicyclic) bond motifs is 5. The van der Waals surface area contributed by atoms with Crippen molar-refractivity contribution in [1.29, 1.82) is 0 Å². The Bertz CT molecular complexity index is 1270. The molecule has 38 heavy (non-hydrogen) atoms. The molecule has 2 fully saturated rings. The lowest BCUT2D eigenvalue weighted by Crippen LogP contribution is -2.32. The maximum absolute atomic E-state index is 13.0. The molecule has 9 nitrogen and oxygen atoms in total. The zero-order valence-electron chi connectivity index (χ0n) is 20.9. The molecule has 1 saturated carbocycles. The number of benzene rings is 2. The monoisotopic (exact) mass is 516 g/mol. The Morgan fingerprint density at radius 3 is 1.97 bits per heavy atom. The van der Waals surface area contributed by atoms with E-state index in [1.54, 1.807) is 24.3 Å². The van der Waals surface area contributed by atoms with Gasteiger partial charge in [0.25, 0.3) is 5.91 Å². The number of imide groups is 1. The van der Waals surface area contributed by atoms with Gasteiger partial charge in [-0.15, -0.1) is 0 Å². The van der Waals surface area contributed by atoms with Crippen LogP contribution in [0.15, 0.2) is 60.7 Å². The van der Waals surface area contributed by atoms with Crippen LogP contribution in [0.25, 0.3) is 0 Å². The lowest BCUT2D eigenvalue weighted by atomic mass is 9.85. The van der Waals surface area contributed by atoms with Crippen molar-refractivity contribution in [2.45, 2.75) is 26.2 Å². The third-order valence-corrected chi connectivity index (χ3v) is 7.30. The van der Waals surface area contributed by atoms with E-state index >= 15 is 0 Å². The van der Waals surface area contributed by atoms with Crippen LogP contribution >= 0.6 is 0 Å². The van der Waals surface area contributed by atoms with Crippen molar-refractivity contribution in [3.05, 3.63) is 71.8 Å². The SMILES string of the molecule is CCCCOC(=O)c1ccc(NC(=O)COC(=O)c2ccc(N3C(=O)[C@@H]4[C@@H](C3=O)[C@H]3C=C[C@H]4C3)cc2)cc1. The number of hydrogen-bond donors (Lipinski definition) is 1. The normalized spacial score (nSPS) is 22.9. The molecule has 0 unspecified atom stereocenters. The number of allylic oxidation sites excluding steroid dienone is 2. The van der Waals surface area contributed by atoms with Crippen molar-refractivity contribution in [2.24, 2.45) is 23.7 Å². The third kappa shape index (κ3) is 4.83. The number of ether oxygens (including phenoxy) is 2. The number of esters is 2. The molecule has 1 N–H and O–H groups in total. The van der Waals surface area contributed by atoms with Gasteiger partial charge in [0.1, 0.15) is 0 Å². The molecule has 9 heteroatoms. The summed E-state index contributed by atoms with van der Waals surface area (Å²) in [7, 11) is 0. The lowest BCUT2D eigenvalue weighted by Gasteiger charge is -2.17. The minimum Gasteiger partial charge on any atom is -0.462 e. The zero-order valence-corrected chi connectivity index (χ0v) is 20.9. The van der Waals surface area contributed by atoms with Crippen molar-refractivity contribution >= 4 is 41.0 Å². The van der Waals surface area contributed by atoms with E-state index < -0.39 is 24.5 Å². The molecule has 2 aliphatic carbocycles. The maximum Gasteiger partial charge on any atom is 0.338 e. The van der Waals surface area contributed by atoms with E-state index in [4.69, 9.17) is 9.47 Å². The van der Waals surface area contributed by atoms with Crippen molar-refractivity contribution in [1.82, 2.24) is 0 Å². The van der Waals surface area contributed by atoms with Gasteiger partial charge in [-0.05, 0) is 73.2 Å². The van der Waals surface area contributed by atoms with Crippen molar-refractivity contribution in [3.8, 4) is 0 Å². The quantitative estimate of drug-likeness (QED) is 0.233. The lowest BCUT2D eigenvalue weighted by molar-refractivity contribution is -0.123. The number of anilines is 2.